The van der Waals surface area contributed by atoms with E-state index in [4.69, 9.17) is 4.74 Å². The first-order valence-electron chi connectivity index (χ1n) is 7.56. The Balaban J connectivity index is 2.05. The second-order valence-corrected chi connectivity index (χ2v) is 6.33. The molecule has 0 radical (unpaired) electrons. The van der Waals surface area contributed by atoms with Crippen LogP contribution in [0.5, 0.6) is 0 Å². The molecule has 7 heteroatoms. The fraction of sp³-hybridized carbons (Fsp3) is 0.438. The standard InChI is InChI=1S/C16H20N2O4S/c1-3-7-17-15(20)10(2)22-16(21)11-4-5-13-12(9-11)18-14(19)6-8-23-13/h4-5,9-10H,3,6-8H2,1-2H3,(H,17,20)(H,18,19)/t10-/m1/s1. The smallest absolute Gasteiger partial charge is 0.338 e. The van der Waals surface area contributed by atoms with Crippen LogP contribution in [0.2, 0.25) is 0 Å². The molecular weight excluding hydrogens is 316 g/mol. The van der Waals surface area contributed by atoms with E-state index in [0.717, 1.165) is 11.3 Å². The number of esters is 1. The Morgan fingerprint density at radius 2 is 2.22 bits per heavy atom. The molecule has 2 N–H and O–H groups in total. The molecule has 0 bridgehead atoms. The Hall–Kier alpha value is -2.02. The van der Waals surface area contributed by atoms with E-state index in [1.54, 1.807) is 30.0 Å². The molecule has 0 saturated heterocycles. The van der Waals surface area contributed by atoms with Crippen molar-refractivity contribution in [3.8, 4) is 0 Å². The van der Waals surface area contributed by atoms with E-state index in [9.17, 15) is 14.4 Å². The zero-order valence-electron chi connectivity index (χ0n) is 13.2. The zero-order valence-corrected chi connectivity index (χ0v) is 14.0. The summed E-state index contributed by atoms with van der Waals surface area (Å²) in [5.74, 6) is -0.277. The Morgan fingerprint density at radius 1 is 1.43 bits per heavy atom. The van der Waals surface area contributed by atoms with Crippen molar-refractivity contribution in [2.75, 3.05) is 17.6 Å². The lowest BCUT2D eigenvalue weighted by atomic mass is 10.2. The minimum absolute atomic E-state index is 0.0749. The summed E-state index contributed by atoms with van der Waals surface area (Å²) in [6, 6.07) is 5.01. The van der Waals surface area contributed by atoms with Gasteiger partial charge in [0.1, 0.15) is 0 Å². The Bertz CT molecular complexity index is 618. The summed E-state index contributed by atoms with van der Waals surface area (Å²) in [6.45, 7) is 4.02. The second-order valence-electron chi connectivity index (χ2n) is 5.20. The van der Waals surface area contributed by atoms with Crippen LogP contribution < -0.4 is 10.6 Å². The minimum Gasteiger partial charge on any atom is -0.449 e. The summed E-state index contributed by atoms with van der Waals surface area (Å²) in [4.78, 5) is 36.4. The van der Waals surface area contributed by atoms with E-state index >= 15 is 0 Å². The number of hydrogen-bond donors (Lipinski definition) is 2. The van der Waals surface area contributed by atoms with Gasteiger partial charge in [-0.25, -0.2) is 4.79 Å². The molecule has 0 saturated carbocycles. The summed E-state index contributed by atoms with van der Waals surface area (Å²) >= 11 is 1.56. The lowest BCUT2D eigenvalue weighted by Crippen LogP contribution is -2.36. The largest absolute Gasteiger partial charge is 0.449 e. The van der Waals surface area contributed by atoms with Crippen molar-refractivity contribution in [2.24, 2.45) is 0 Å². The number of nitrogens with one attached hydrogen (secondary N) is 2. The monoisotopic (exact) mass is 336 g/mol. The maximum absolute atomic E-state index is 12.2. The highest BCUT2D eigenvalue weighted by atomic mass is 32.2. The van der Waals surface area contributed by atoms with Crippen molar-refractivity contribution in [2.45, 2.75) is 37.7 Å². The molecule has 1 atom stereocenters. The predicted octanol–water partition coefficient (Wildman–Crippen LogP) is 2.19. The van der Waals surface area contributed by atoms with Gasteiger partial charge in [-0.1, -0.05) is 6.92 Å². The van der Waals surface area contributed by atoms with Gasteiger partial charge in [-0.3, -0.25) is 9.59 Å². The lowest BCUT2D eigenvalue weighted by molar-refractivity contribution is -0.129. The fourth-order valence-corrected chi connectivity index (χ4v) is 2.96. The van der Waals surface area contributed by atoms with Gasteiger partial charge in [-0.2, -0.15) is 0 Å². The van der Waals surface area contributed by atoms with E-state index < -0.39 is 12.1 Å². The van der Waals surface area contributed by atoms with Gasteiger partial charge < -0.3 is 15.4 Å². The molecule has 1 aliphatic rings. The van der Waals surface area contributed by atoms with Gasteiger partial charge in [0.15, 0.2) is 6.10 Å². The molecule has 2 amide bonds. The Kier molecular flexibility index (Phi) is 6.04. The molecule has 1 heterocycles. The molecule has 0 aromatic heterocycles. The SMILES string of the molecule is CCCNC(=O)[C@@H](C)OC(=O)c1ccc2c(c1)NC(=O)CCS2. The molecule has 0 unspecified atom stereocenters. The van der Waals surface area contributed by atoms with Gasteiger partial charge >= 0.3 is 5.97 Å². The zero-order chi connectivity index (χ0) is 16.8. The van der Waals surface area contributed by atoms with Gasteiger partial charge in [0.2, 0.25) is 5.91 Å². The number of benzene rings is 1. The number of hydrogen-bond acceptors (Lipinski definition) is 5. The van der Waals surface area contributed by atoms with Crippen LogP contribution in [-0.2, 0) is 14.3 Å². The van der Waals surface area contributed by atoms with Crippen molar-refractivity contribution in [1.82, 2.24) is 5.32 Å². The van der Waals surface area contributed by atoms with E-state index in [1.807, 2.05) is 6.92 Å². The van der Waals surface area contributed by atoms with E-state index in [-0.39, 0.29) is 11.8 Å². The summed E-state index contributed by atoms with van der Waals surface area (Å²) in [7, 11) is 0. The minimum atomic E-state index is -0.864. The number of fused-ring (bicyclic) bond motifs is 1. The van der Waals surface area contributed by atoms with Crippen LogP contribution in [-0.4, -0.2) is 36.2 Å². The Morgan fingerprint density at radius 3 is 2.96 bits per heavy atom. The molecule has 6 nitrogen and oxygen atoms in total. The molecular formula is C16H20N2O4S. The summed E-state index contributed by atoms with van der Waals surface area (Å²) in [6.07, 6.45) is 0.388. The number of ether oxygens (including phenoxy) is 1. The van der Waals surface area contributed by atoms with Crippen LogP contribution in [0.4, 0.5) is 5.69 Å². The van der Waals surface area contributed by atoms with Crippen LogP contribution in [0, 0.1) is 0 Å². The van der Waals surface area contributed by atoms with E-state index in [2.05, 4.69) is 10.6 Å². The van der Waals surface area contributed by atoms with E-state index in [0.29, 0.717) is 30.0 Å². The van der Waals surface area contributed by atoms with Gasteiger partial charge in [-0.05, 0) is 31.5 Å². The molecule has 0 aliphatic carbocycles. The lowest BCUT2D eigenvalue weighted by Gasteiger charge is -2.14. The maximum Gasteiger partial charge on any atom is 0.338 e. The molecule has 0 spiro atoms. The Labute approximate surface area is 139 Å². The topological polar surface area (TPSA) is 84.5 Å². The van der Waals surface area contributed by atoms with Crippen molar-refractivity contribution >= 4 is 35.2 Å². The quantitative estimate of drug-likeness (QED) is 0.805. The third kappa shape index (κ3) is 4.72. The molecule has 0 fully saturated rings. The highest BCUT2D eigenvalue weighted by molar-refractivity contribution is 7.99. The van der Waals surface area contributed by atoms with Crippen molar-refractivity contribution < 1.29 is 19.1 Å². The highest BCUT2D eigenvalue weighted by Gasteiger charge is 2.20. The molecule has 2 rings (SSSR count). The molecule has 1 aromatic carbocycles. The highest BCUT2D eigenvalue weighted by Crippen LogP contribution is 2.31. The first-order valence-corrected chi connectivity index (χ1v) is 8.55. The number of carbonyl (C=O) groups is 3. The number of anilines is 1. The van der Waals surface area contributed by atoms with Gasteiger partial charge in [-0.15, -0.1) is 11.8 Å². The average Bonchev–Trinajstić information content (AvgIpc) is 2.71. The van der Waals surface area contributed by atoms with Crippen molar-refractivity contribution in [1.29, 1.82) is 0 Å². The van der Waals surface area contributed by atoms with Gasteiger partial charge in [0, 0.05) is 23.6 Å². The third-order valence-electron chi connectivity index (χ3n) is 3.28. The number of carbonyl (C=O) groups excluding carboxylic acids is 3. The van der Waals surface area contributed by atoms with Crippen LogP contribution in [0.3, 0.4) is 0 Å². The van der Waals surface area contributed by atoms with Gasteiger partial charge in [0.25, 0.3) is 5.91 Å². The second kappa shape index (κ2) is 8.01. The number of thioether (sulfide) groups is 1. The first kappa shape index (κ1) is 17.3. The van der Waals surface area contributed by atoms with Gasteiger partial charge in [0.05, 0.1) is 11.3 Å². The molecule has 124 valence electrons. The van der Waals surface area contributed by atoms with Crippen molar-refractivity contribution in [3.63, 3.8) is 0 Å². The van der Waals surface area contributed by atoms with Crippen LogP contribution in [0.25, 0.3) is 0 Å². The number of amides is 2. The van der Waals surface area contributed by atoms with Crippen LogP contribution in [0.15, 0.2) is 23.1 Å². The summed E-state index contributed by atoms with van der Waals surface area (Å²) in [5.41, 5.74) is 0.914. The molecule has 1 aromatic rings. The van der Waals surface area contributed by atoms with Crippen molar-refractivity contribution in [3.05, 3.63) is 23.8 Å². The number of rotatable bonds is 5. The van der Waals surface area contributed by atoms with Crippen LogP contribution in [0.1, 0.15) is 37.0 Å². The fourth-order valence-electron chi connectivity index (χ4n) is 2.02. The molecule has 1 aliphatic heterocycles. The van der Waals surface area contributed by atoms with E-state index in [1.165, 1.54) is 6.92 Å². The molecule has 23 heavy (non-hydrogen) atoms. The van der Waals surface area contributed by atoms with Crippen LogP contribution >= 0.6 is 11.8 Å². The average molecular weight is 336 g/mol. The maximum atomic E-state index is 12.2. The summed E-state index contributed by atoms with van der Waals surface area (Å²) < 4.78 is 5.17. The third-order valence-corrected chi connectivity index (χ3v) is 4.35. The predicted molar refractivity (Wildman–Crippen MR) is 88.6 cm³/mol. The summed E-state index contributed by atoms with van der Waals surface area (Å²) in [5, 5.41) is 5.45. The first-order chi connectivity index (χ1) is 11.0. The normalized spacial score (nSPS) is 15.0.